The fourth-order valence-corrected chi connectivity index (χ4v) is 4.67. The number of carboxylic acid groups (broad SMARTS) is 1. The summed E-state index contributed by atoms with van der Waals surface area (Å²) in [7, 11) is 0. The topological polar surface area (TPSA) is 94.1 Å². The summed E-state index contributed by atoms with van der Waals surface area (Å²) in [6.07, 6.45) is 0.932. The van der Waals surface area contributed by atoms with Gasteiger partial charge in [0.1, 0.15) is 11.6 Å². The summed E-state index contributed by atoms with van der Waals surface area (Å²) in [5, 5.41) is 20.1. The molecule has 0 aliphatic carbocycles. The summed E-state index contributed by atoms with van der Waals surface area (Å²) in [5.41, 5.74) is 2.48. The van der Waals surface area contributed by atoms with E-state index < -0.39 is 17.2 Å². The summed E-state index contributed by atoms with van der Waals surface area (Å²) >= 11 is 0. The Hall–Kier alpha value is -3.26. The maximum Gasteiger partial charge on any atom is 0.310 e. The normalized spacial score (nSPS) is 17.0. The highest BCUT2D eigenvalue weighted by atomic mass is 19.1. The SMILES string of the molecule is Cc1cc(Nc2ccc(F)c(CC3(C(=O)O)CCN([C@H](C)c4ccccc4C)CC3)n2)n[nH]1. The minimum atomic E-state index is -1.04. The number of benzene rings is 1. The smallest absolute Gasteiger partial charge is 0.310 e. The van der Waals surface area contributed by atoms with Gasteiger partial charge in [0.25, 0.3) is 0 Å². The Bertz CT molecular complexity index is 1140. The van der Waals surface area contributed by atoms with Crippen molar-refractivity contribution in [2.45, 2.75) is 46.1 Å². The van der Waals surface area contributed by atoms with Gasteiger partial charge >= 0.3 is 5.97 Å². The maximum atomic E-state index is 14.7. The van der Waals surface area contributed by atoms with Crippen LogP contribution in [0.5, 0.6) is 0 Å². The van der Waals surface area contributed by atoms with Crippen LogP contribution < -0.4 is 5.32 Å². The Morgan fingerprint density at radius 3 is 2.58 bits per heavy atom. The van der Waals surface area contributed by atoms with E-state index >= 15 is 0 Å². The van der Waals surface area contributed by atoms with E-state index in [1.807, 2.05) is 25.1 Å². The maximum absolute atomic E-state index is 14.7. The van der Waals surface area contributed by atoms with Crippen molar-refractivity contribution in [1.29, 1.82) is 0 Å². The lowest BCUT2D eigenvalue weighted by molar-refractivity contribution is -0.152. The van der Waals surface area contributed by atoms with E-state index in [9.17, 15) is 14.3 Å². The van der Waals surface area contributed by atoms with Gasteiger partial charge in [-0.1, -0.05) is 24.3 Å². The van der Waals surface area contributed by atoms with Crippen LogP contribution in [0.4, 0.5) is 16.0 Å². The molecule has 4 rings (SSSR count). The number of pyridine rings is 1. The first-order valence-corrected chi connectivity index (χ1v) is 11.2. The van der Waals surface area contributed by atoms with E-state index in [4.69, 9.17) is 0 Å². The van der Waals surface area contributed by atoms with Crippen molar-refractivity contribution in [3.05, 3.63) is 70.8 Å². The molecule has 1 aromatic carbocycles. The molecule has 0 saturated carbocycles. The largest absolute Gasteiger partial charge is 0.481 e. The van der Waals surface area contributed by atoms with Gasteiger partial charge < -0.3 is 10.4 Å². The first-order chi connectivity index (χ1) is 15.8. The fraction of sp³-hybridized carbons (Fsp3) is 0.400. The lowest BCUT2D eigenvalue weighted by Gasteiger charge is -2.41. The van der Waals surface area contributed by atoms with E-state index in [-0.39, 0.29) is 18.2 Å². The highest BCUT2D eigenvalue weighted by molar-refractivity contribution is 5.75. The molecule has 3 heterocycles. The number of hydrogen-bond donors (Lipinski definition) is 3. The minimum Gasteiger partial charge on any atom is -0.481 e. The average Bonchev–Trinajstić information content (AvgIpc) is 3.21. The third-order valence-corrected chi connectivity index (χ3v) is 6.78. The first kappa shape index (κ1) is 22.9. The van der Waals surface area contributed by atoms with E-state index in [0.717, 1.165) is 5.69 Å². The standard InChI is InChI=1S/C25H30FN5O2/c1-16-6-4-5-7-19(16)18(3)31-12-10-25(11-13-31,24(32)33)15-21-20(26)8-9-22(27-21)28-23-14-17(2)29-30-23/h4-9,14,18H,10-13,15H2,1-3H3,(H,32,33)(H2,27,28,29,30)/t18-/m1/s1. The summed E-state index contributed by atoms with van der Waals surface area (Å²) in [6, 6.07) is 13.1. The number of H-pyrrole nitrogens is 1. The van der Waals surface area contributed by atoms with E-state index in [1.54, 1.807) is 0 Å². The molecule has 3 aromatic rings. The van der Waals surface area contributed by atoms with Crippen molar-refractivity contribution in [3.8, 4) is 0 Å². The van der Waals surface area contributed by atoms with E-state index in [2.05, 4.69) is 51.4 Å². The number of aromatic amines is 1. The Balaban J connectivity index is 1.50. The predicted molar refractivity (Wildman–Crippen MR) is 125 cm³/mol. The van der Waals surface area contributed by atoms with Gasteiger partial charge in [0.2, 0.25) is 0 Å². The number of piperidine rings is 1. The Kier molecular flexibility index (Phi) is 6.47. The molecule has 8 heteroatoms. The van der Waals surface area contributed by atoms with Gasteiger partial charge in [-0.25, -0.2) is 9.37 Å². The molecular weight excluding hydrogens is 421 g/mol. The van der Waals surface area contributed by atoms with E-state index in [1.165, 1.54) is 23.3 Å². The summed E-state index contributed by atoms with van der Waals surface area (Å²) in [5.74, 6) is -0.378. The number of likely N-dealkylation sites (tertiary alicyclic amines) is 1. The number of aryl methyl sites for hydroxylation is 2. The van der Waals surface area contributed by atoms with Crippen LogP contribution in [0.3, 0.4) is 0 Å². The number of rotatable bonds is 7. The number of halogens is 1. The van der Waals surface area contributed by atoms with Crippen LogP contribution in [-0.2, 0) is 11.2 Å². The quantitative estimate of drug-likeness (QED) is 0.479. The van der Waals surface area contributed by atoms with Crippen LogP contribution >= 0.6 is 0 Å². The molecular formula is C25H30FN5O2. The molecule has 7 nitrogen and oxygen atoms in total. The Labute approximate surface area is 193 Å². The number of nitrogens with one attached hydrogen (secondary N) is 2. The zero-order valence-corrected chi connectivity index (χ0v) is 19.2. The second kappa shape index (κ2) is 9.31. The lowest BCUT2D eigenvalue weighted by Crippen LogP contribution is -2.46. The molecule has 1 atom stereocenters. The molecule has 2 aromatic heterocycles. The number of nitrogens with zero attached hydrogens (tertiary/aromatic N) is 3. The molecule has 174 valence electrons. The van der Waals surface area contributed by atoms with Gasteiger partial charge in [0, 0.05) is 24.2 Å². The van der Waals surface area contributed by atoms with Crippen molar-refractivity contribution in [2.75, 3.05) is 18.4 Å². The molecule has 3 N–H and O–H groups in total. The summed E-state index contributed by atoms with van der Waals surface area (Å²) in [6.45, 7) is 7.40. The van der Waals surface area contributed by atoms with Crippen molar-refractivity contribution in [2.24, 2.45) is 5.41 Å². The molecule has 1 aliphatic heterocycles. The molecule has 1 fully saturated rings. The van der Waals surface area contributed by atoms with Crippen LogP contribution in [0.15, 0.2) is 42.5 Å². The Morgan fingerprint density at radius 1 is 1.21 bits per heavy atom. The van der Waals surface area contributed by atoms with Gasteiger partial charge in [-0.15, -0.1) is 0 Å². The molecule has 0 radical (unpaired) electrons. The van der Waals surface area contributed by atoms with Crippen LogP contribution in [0.1, 0.15) is 48.3 Å². The second-order valence-electron chi connectivity index (χ2n) is 9.02. The zero-order valence-electron chi connectivity index (χ0n) is 19.2. The van der Waals surface area contributed by atoms with Gasteiger partial charge in [-0.3, -0.25) is 14.8 Å². The summed E-state index contributed by atoms with van der Waals surface area (Å²) < 4.78 is 14.7. The summed E-state index contributed by atoms with van der Waals surface area (Å²) in [4.78, 5) is 19.1. The second-order valence-corrected chi connectivity index (χ2v) is 9.02. The van der Waals surface area contributed by atoms with Crippen molar-refractivity contribution >= 4 is 17.6 Å². The molecule has 33 heavy (non-hydrogen) atoms. The third kappa shape index (κ3) is 4.90. The molecule has 1 aliphatic rings. The number of anilines is 2. The number of carbonyl (C=O) groups is 1. The monoisotopic (exact) mass is 451 g/mol. The third-order valence-electron chi connectivity index (χ3n) is 6.78. The number of hydrogen-bond acceptors (Lipinski definition) is 5. The van der Waals surface area contributed by atoms with Crippen LogP contribution in [0, 0.1) is 25.1 Å². The molecule has 0 bridgehead atoms. The average molecular weight is 452 g/mol. The van der Waals surface area contributed by atoms with Crippen molar-refractivity contribution in [3.63, 3.8) is 0 Å². The van der Waals surface area contributed by atoms with Gasteiger partial charge in [-0.05, 0) is 70.0 Å². The highest BCUT2D eigenvalue weighted by Crippen LogP contribution is 2.39. The number of carboxylic acids is 1. The van der Waals surface area contributed by atoms with Crippen molar-refractivity contribution in [1.82, 2.24) is 20.1 Å². The van der Waals surface area contributed by atoms with Gasteiger partial charge in [-0.2, -0.15) is 5.10 Å². The molecule has 0 spiro atoms. The van der Waals surface area contributed by atoms with Crippen LogP contribution in [-0.4, -0.2) is 44.2 Å². The minimum absolute atomic E-state index is 0.0515. The molecule has 0 amide bonds. The lowest BCUT2D eigenvalue weighted by atomic mass is 9.74. The van der Waals surface area contributed by atoms with Crippen molar-refractivity contribution < 1.29 is 14.3 Å². The Morgan fingerprint density at radius 2 is 1.94 bits per heavy atom. The van der Waals surface area contributed by atoms with Crippen LogP contribution in [0.25, 0.3) is 0 Å². The molecule has 0 unspecified atom stereocenters. The zero-order chi connectivity index (χ0) is 23.6. The predicted octanol–water partition coefficient (Wildman–Crippen LogP) is 4.77. The number of aromatic nitrogens is 3. The highest BCUT2D eigenvalue weighted by Gasteiger charge is 2.43. The fourth-order valence-electron chi connectivity index (χ4n) is 4.67. The van der Waals surface area contributed by atoms with Crippen LogP contribution in [0.2, 0.25) is 0 Å². The number of aliphatic carboxylic acids is 1. The van der Waals surface area contributed by atoms with E-state index in [0.29, 0.717) is 37.6 Å². The van der Waals surface area contributed by atoms with Gasteiger partial charge in [0.15, 0.2) is 5.82 Å². The molecule has 1 saturated heterocycles. The van der Waals surface area contributed by atoms with Gasteiger partial charge in [0.05, 0.1) is 11.1 Å². The first-order valence-electron chi connectivity index (χ1n) is 11.2.